The van der Waals surface area contributed by atoms with Gasteiger partial charge in [-0.15, -0.1) is 0 Å². The number of aliphatic carboxylic acids is 1. The maximum absolute atomic E-state index is 10.5. The average molecular weight is 230 g/mol. The molecule has 1 aromatic carbocycles. The molecule has 4 nitrogen and oxygen atoms in total. The summed E-state index contributed by atoms with van der Waals surface area (Å²) in [7, 11) is 0. The van der Waals surface area contributed by atoms with Crippen molar-refractivity contribution in [2.45, 2.75) is 19.4 Å². The Morgan fingerprint density at radius 2 is 2.20 bits per heavy atom. The Morgan fingerprint density at radius 3 is 2.73 bits per heavy atom. The lowest BCUT2D eigenvalue weighted by Gasteiger charge is -2.13. The number of phenolic OH excluding ortho intramolecular Hbond substituents is 1. The summed E-state index contributed by atoms with van der Waals surface area (Å²) < 4.78 is 0. The second-order valence-electron chi connectivity index (χ2n) is 3.36. The topological polar surface area (TPSA) is 83.6 Å². The van der Waals surface area contributed by atoms with Gasteiger partial charge < -0.3 is 15.9 Å². The number of aryl methyl sites for hydroxylation is 1. The highest BCUT2D eigenvalue weighted by Gasteiger charge is 2.16. The molecule has 0 fully saturated rings. The first-order valence-electron chi connectivity index (χ1n) is 4.38. The zero-order chi connectivity index (χ0) is 11.6. The van der Waals surface area contributed by atoms with Crippen molar-refractivity contribution in [3.8, 4) is 5.75 Å². The van der Waals surface area contributed by atoms with Crippen LogP contribution < -0.4 is 5.73 Å². The highest BCUT2D eigenvalue weighted by Crippen LogP contribution is 2.31. The van der Waals surface area contributed by atoms with Crippen molar-refractivity contribution in [2.75, 3.05) is 0 Å². The van der Waals surface area contributed by atoms with Gasteiger partial charge in [-0.25, -0.2) is 0 Å². The van der Waals surface area contributed by atoms with Crippen LogP contribution in [0.2, 0.25) is 5.02 Å². The quantitative estimate of drug-likeness (QED) is 0.738. The van der Waals surface area contributed by atoms with E-state index in [0.29, 0.717) is 16.1 Å². The van der Waals surface area contributed by atoms with Gasteiger partial charge in [0.25, 0.3) is 0 Å². The first-order valence-corrected chi connectivity index (χ1v) is 4.76. The van der Waals surface area contributed by atoms with Gasteiger partial charge in [-0.1, -0.05) is 11.6 Å². The van der Waals surface area contributed by atoms with E-state index in [9.17, 15) is 9.90 Å². The maximum atomic E-state index is 10.5. The molecule has 0 spiro atoms. The minimum atomic E-state index is -1.01. The van der Waals surface area contributed by atoms with Crippen LogP contribution in [-0.4, -0.2) is 16.2 Å². The minimum absolute atomic E-state index is 0.00755. The summed E-state index contributed by atoms with van der Waals surface area (Å²) in [5, 5.41) is 18.7. The Labute approximate surface area is 92.3 Å². The van der Waals surface area contributed by atoms with E-state index in [4.69, 9.17) is 22.4 Å². The second-order valence-corrected chi connectivity index (χ2v) is 3.80. The van der Waals surface area contributed by atoms with E-state index in [1.54, 1.807) is 13.0 Å². The monoisotopic (exact) mass is 229 g/mol. The van der Waals surface area contributed by atoms with Gasteiger partial charge in [0.2, 0.25) is 0 Å². The van der Waals surface area contributed by atoms with Crippen LogP contribution in [0.3, 0.4) is 0 Å². The molecule has 15 heavy (non-hydrogen) atoms. The molecule has 1 rings (SSSR count). The molecule has 0 aliphatic rings. The summed E-state index contributed by atoms with van der Waals surface area (Å²) in [6.07, 6.45) is -0.243. The van der Waals surface area contributed by atoms with E-state index in [0.717, 1.165) is 0 Å². The average Bonchev–Trinajstić information content (AvgIpc) is 2.09. The van der Waals surface area contributed by atoms with Crippen LogP contribution >= 0.6 is 11.6 Å². The highest BCUT2D eigenvalue weighted by molar-refractivity contribution is 6.30. The van der Waals surface area contributed by atoms with Crippen LogP contribution in [0.1, 0.15) is 23.6 Å². The van der Waals surface area contributed by atoms with Gasteiger partial charge >= 0.3 is 5.97 Å². The number of hydrogen-bond acceptors (Lipinski definition) is 3. The van der Waals surface area contributed by atoms with Gasteiger partial charge in [0.1, 0.15) is 5.75 Å². The van der Waals surface area contributed by atoms with Crippen molar-refractivity contribution in [1.82, 2.24) is 0 Å². The molecule has 1 unspecified atom stereocenters. The number of nitrogens with two attached hydrogens (primary N) is 1. The summed E-state index contributed by atoms with van der Waals surface area (Å²) in [5.41, 5.74) is 6.58. The Morgan fingerprint density at radius 1 is 1.60 bits per heavy atom. The van der Waals surface area contributed by atoms with Gasteiger partial charge in [0.05, 0.1) is 6.42 Å². The molecule has 0 saturated carbocycles. The van der Waals surface area contributed by atoms with Crippen LogP contribution in [0.4, 0.5) is 0 Å². The SMILES string of the molecule is Cc1cc(Cl)cc(C(N)CC(=O)O)c1O. The molecule has 82 valence electrons. The number of benzene rings is 1. The Hall–Kier alpha value is -1.26. The fourth-order valence-electron chi connectivity index (χ4n) is 1.34. The molecule has 1 atom stereocenters. The fourth-order valence-corrected chi connectivity index (χ4v) is 1.62. The molecular weight excluding hydrogens is 218 g/mol. The summed E-state index contributed by atoms with van der Waals surface area (Å²) in [6, 6.07) is 2.32. The molecule has 4 N–H and O–H groups in total. The summed E-state index contributed by atoms with van der Waals surface area (Å²) in [6.45, 7) is 1.68. The predicted octanol–water partition coefficient (Wildman–Crippen LogP) is 1.83. The van der Waals surface area contributed by atoms with Gasteiger partial charge in [0, 0.05) is 16.6 Å². The smallest absolute Gasteiger partial charge is 0.305 e. The summed E-state index contributed by atoms with van der Waals surface area (Å²) in [5.74, 6) is -1.01. The van der Waals surface area contributed by atoms with Crippen molar-refractivity contribution in [2.24, 2.45) is 5.73 Å². The number of aromatic hydroxyl groups is 1. The first-order chi connectivity index (χ1) is 6.91. The van der Waals surface area contributed by atoms with Gasteiger partial charge in [-0.05, 0) is 24.6 Å². The van der Waals surface area contributed by atoms with Crippen molar-refractivity contribution in [1.29, 1.82) is 0 Å². The van der Waals surface area contributed by atoms with Crippen LogP contribution in [0.5, 0.6) is 5.75 Å². The van der Waals surface area contributed by atoms with Crippen molar-refractivity contribution >= 4 is 17.6 Å². The lowest BCUT2D eigenvalue weighted by molar-refractivity contribution is -0.137. The number of phenols is 1. The number of carboxylic acids is 1. The van der Waals surface area contributed by atoms with Gasteiger partial charge in [-0.2, -0.15) is 0 Å². The third-order valence-electron chi connectivity index (χ3n) is 2.09. The lowest BCUT2D eigenvalue weighted by atomic mass is 10.0. The van der Waals surface area contributed by atoms with E-state index < -0.39 is 12.0 Å². The molecule has 0 amide bonds. The van der Waals surface area contributed by atoms with E-state index in [2.05, 4.69) is 0 Å². The van der Waals surface area contributed by atoms with Crippen LogP contribution in [-0.2, 0) is 4.79 Å². The summed E-state index contributed by atoms with van der Waals surface area (Å²) >= 11 is 5.79. The van der Waals surface area contributed by atoms with E-state index in [1.165, 1.54) is 6.07 Å². The van der Waals surface area contributed by atoms with E-state index in [-0.39, 0.29) is 12.2 Å². The molecule has 0 heterocycles. The molecule has 0 aliphatic heterocycles. The van der Waals surface area contributed by atoms with Gasteiger partial charge in [-0.3, -0.25) is 4.79 Å². The third-order valence-corrected chi connectivity index (χ3v) is 2.31. The largest absolute Gasteiger partial charge is 0.507 e. The lowest BCUT2D eigenvalue weighted by Crippen LogP contribution is -2.15. The van der Waals surface area contributed by atoms with E-state index in [1.807, 2.05) is 0 Å². The number of carbonyl (C=O) groups is 1. The number of carboxylic acid groups (broad SMARTS) is 1. The number of halogens is 1. The van der Waals surface area contributed by atoms with Gasteiger partial charge in [0.15, 0.2) is 0 Å². The Bertz CT molecular complexity index is 392. The molecular formula is C10H12ClNO3. The Kier molecular flexibility index (Phi) is 3.55. The molecule has 5 heteroatoms. The fraction of sp³-hybridized carbons (Fsp3) is 0.300. The van der Waals surface area contributed by atoms with Crippen LogP contribution in [0.15, 0.2) is 12.1 Å². The van der Waals surface area contributed by atoms with Crippen molar-refractivity contribution < 1.29 is 15.0 Å². The second kappa shape index (κ2) is 4.51. The van der Waals surface area contributed by atoms with Crippen molar-refractivity contribution in [3.05, 3.63) is 28.3 Å². The molecule has 0 saturated heterocycles. The zero-order valence-electron chi connectivity index (χ0n) is 8.20. The zero-order valence-corrected chi connectivity index (χ0v) is 8.95. The maximum Gasteiger partial charge on any atom is 0.305 e. The number of rotatable bonds is 3. The van der Waals surface area contributed by atoms with Crippen LogP contribution in [0, 0.1) is 6.92 Å². The molecule has 0 radical (unpaired) electrons. The van der Waals surface area contributed by atoms with Crippen LogP contribution in [0.25, 0.3) is 0 Å². The first kappa shape index (κ1) is 11.8. The molecule has 1 aromatic rings. The van der Waals surface area contributed by atoms with E-state index >= 15 is 0 Å². The van der Waals surface area contributed by atoms with Crippen molar-refractivity contribution in [3.63, 3.8) is 0 Å². The third kappa shape index (κ3) is 2.84. The predicted molar refractivity (Wildman–Crippen MR) is 57.0 cm³/mol. The minimum Gasteiger partial charge on any atom is -0.507 e. The normalized spacial score (nSPS) is 12.5. The molecule has 0 aromatic heterocycles. The highest BCUT2D eigenvalue weighted by atomic mass is 35.5. The number of hydrogen-bond donors (Lipinski definition) is 3. The molecule has 0 aliphatic carbocycles. The Balaban J connectivity index is 3.07. The molecule has 0 bridgehead atoms. The summed E-state index contributed by atoms with van der Waals surface area (Å²) in [4.78, 5) is 10.5. The standard InChI is InChI=1S/C10H12ClNO3/c1-5-2-6(11)3-7(10(5)15)8(12)4-9(13)14/h2-3,8,15H,4,12H2,1H3,(H,13,14).